The first kappa shape index (κ1) is 62.9. The van der Waals surface area contributed by atoms with E-state index in [9.17, 15) is 0 Å². The summed E-state index contributed by atoms with van der Waals surface area (Å²) in [4.78, 5) is 19.4. The average molecular weight is 839 g/mol. The maximum absolute atomic E-state index is 7.13. The van der Waals surface area contributed by atoms with Crippen LogP contribution in [0.2, 0.25) is 0 Å². The van der Waals surface area contributed by atoms with E-state index in [-0.39, 0.29) is 33.6 Å². The summed E-state index contributed by atoms with van der Waals surface area (Å²) in [6, 6.07) is 0. The first-order valence-electron chi connectivity index (χ1n) is 14.8. The second kappa shape index (κ2) is 51.2. The molecule has 284 valence electrons. The van der Waals surface area contributed by atoms with Crippen LogP contribution >= 0.6 is 48.9 Å². The number of thiocarbonyl (C=S) groups is 4. The molecule has 0 aromatic heterocycles. The van der Waals surface area contributed by atoms with Crippen molar-refractivity contribution in [1.82, 2.24) is 39.2 Å². The summed E-state index contributed by atoms with van der Waals surface area (Å²) in [7, 11) is 18.8. The molecule has 2 saturated heterocycles. The molecular weight excluding hydrogens is 779 g/mol. The van der Waals surface area contributed by atoms with Crippen LogP contribution < -0.4 is 0 Å². The fraction of sp³-hybridized carbons (Fsp3) is 0.862. The van der Waals surface area contributed by atoms with Crippen LogP contribution in [0, 0.1) is 0 Å². The minimum absolute atomic E-state index is 0. The van der Waals surface area contributed by atoms with E-state index < -0.39 is 0 Å². The molecule has 0 bridgehead atoms. The van der Waals surface area contributed by atoms with Gasteiger partial charge in [0.15, 0.2) is 0 Å². The first-order valence-corrected chi connectivity index (χ1v) is 16.4. The molecule has 0 unspecified atom stereocenters. The molecular formula is C29H60Co2N12OS4. The topological polar surface area (TPSA) is 135 Å². The largest absolute Gasteiger partial charge is 2.00 e. The quantitative estimate of drug-likeness (QED) is 0.281. The third kappa shape index (κ3) is 58.1. The molecule has 2 rings (SSSR count). The van der Waals surface area contributed by atoms with Gasteiger partial charge in [-0.25, -0.2) is 0 Å². The number of hydrogen-bond donors (Lipinski definition) is 1. The van der Waals surface area contributed by atoms with E-state index in [0.29, 0.717) is 0 Å². The molecule has 1 N–H and O–H groups in total. The molecule has 2 aliphatic rings. The standard InChI is InChI=1S/2C12H28N4.4CNS.CH4O.2Co/c2*1-13-5-7-14(2)9-11-16(4)12-10-15(3)8-6-13;4*2-1-3;1-2;;/h2*5-12H2,1-4H3;;;;;2H,1H3;;/q;;4*-1;;2*+2. The van der Waals surface area contributed by atoms with Crippen LogP contribution in [-0.2, 0) is 33.6 Å². The number of isothiocyanates is 4. The van der Waals surface area contributed by atoms with Crippen molar-refractivity contribution in [3.63, 3.8) is 0 Å². The predicted molar refractivity (Wildman–Crippen MR) is 212 cm³/mol. The van der Waals surface area contributed by atoms with Crippen molar-refractivity contribution in [3.8, 4) is 0 Å². The molecule has 0 aliphatic carbocycles. The van der Waals surface area contributed by atoms with Crippen molar-refractivity contribution < 1.29 is 38.7 Å². The predicted octanol–water partition coefficient (Wildman–Crippen LogP) is 1.69. The minimum Gasteiger partial charge on any atom is -0.753 e. The summed E-state index contributed by atoms with van der Waals surface area (Å²) in [6.07, 6.45) is 0. The van der Waals surface area contributed by atoms with Crippen LogP contribution in [0.15, 0.2) is 0 Å². The molecule has 2 fully saturated rings. The van der Waals surface area contributed by atoms with Gasteiger partial charge in [0.1, 0.15) is 0 Å². The number of rotatable bonds is 0. The zero-order valence-electron chi connectivity index (χ0n) is 30.4. The summed E-state index contributed by atoms with van der Waals surface area (Å²) in [6.45, 7) is 18.8. The van der Waals surface area contributed by atoms with Crippen molar-refractivity contribution in [3.05, 3.63) is 21.6 Å². The Morgan fingerprint density at radius 1 is 0.312 bits per heavy atom. The van der Waals surface area contributed by atoms with E-state index in [4.69, 9.17) is 26.7 Å². The smallest absolute Gasteiger partial charge is 0.753 e. The Morgan fingerprint density at radius 2 is 0.354 bits per heavy atom. The van der Waals surface area contributed by atoms with E-state index in [1.807, 2.05) is 0 Å². The number of aliphatic hydroxyl groups excluding tert-OH is 1. The van der Waals surface area contributed by atoms with E-state index in [2.05, 4.69) is 144 Å². The Bertz CT molecular complexity index is 602. The molecule has 2 heterocycles. The third-order valence-electron chi connectivity index (χ3n) is 6.91. The Labute approximate surface area is 335 Å². The summed E-state index contributed by atoms with van der Waals surface area (Å²) in [5.41, 5.74) is 0. The minimum atomic E-state index is 0. The SMILES string of the molecule is CN1CCN(C)CCN(C)CCN(C)CC1.CN1CCN(C)CCN(C)CCN(C)CC1.CO.[Co+2].[Co+2].[N-]=C=S.[N-]=C=S.[N-]=C=S.[N-]=C=S. The number of likely N-dealkylation sites (N-methyl/N-ethyl adjacent to an activating group) is 8. The van der Waals surface area contributed by atoms with Gasteiger partial charge >= 0.3 is 33.6 Å². The van der Waals surface area contributed by atoms with E-state index in [0.717, 1.165) is 7.11 Å². The molecule has 0 spiro atoms. The van der Waals surface area contributed by atoms with Crippen LogP contribution in [0.1, 0.15) is 0 Å². The summed E-state index contributed by atoms with van der Waals surface area (Å²) in [5, 5.41) is 40.9. The fourth-order valence-electron chi connectivity index (χ4n) is 3.63. The Morgan fingerprint density at radius 3 is 0.396 bits per heavy atom. The summed E-state index contributed by atoms with van der Waals surface area (Å²) >= 11 is 14.8. The van der Waals surface area contributed by atoms with Crippen LogP contribution in [-0.4, -0.2) is 233 Å². The monoisotopic (exact) mass is 838 g/mol. The second-order valence-electron chi connectivity index (χ2n) is 10.8. The van der Waals surface area contributed by atoms with Crippen molar-refractivity contribution in [1.29, 1.82) is 0 Å². The number of aliphatic hydroxyl groups is 1. The first-order chi connectivity index (χ1) is 21.8. The van der Waals surface area contributed by atoms with Crippen LogP contribution in [0.25, 0.3) is 21.6 Å². The fourth-order valence-corrected chi connectivity index (χ4v) is 3.63. The molecule has 19 heteroatoms. The second-order valence-corrected chi connectivity index (χ2v) is 11.5. The van der Waals surface area contributed by atoms with Gasteiger partial charge in [0.2, 0.25) is 0 Å². The Hall–Kier alpha value is -0.147. The van der Waals surface area contributed by atoms with Gasteiger partial charge in [-0.05, 0) is 56.4 Å². The van der Waals surface area contributed by atoms with Gasteiger partial charge in [0, 0.05) is 112 Å². The van der Waals surface area contributed by atoms with Gasteiger partial charge in [0.05, 0.1) is 0 Å². The van der Waals surface area contributed by atoms with Gasteiger partial charge in [-0.2, -0.15) is 20.6 Å². The number of nitrogens with zero attached hydrogens (tertiary/aromatic N) is 12. The van der Waals surface area contributed by atoms with Gasteiger partial charge in [-0.15, -0.1) is 0 Å². The van der Waals surface area contributed by atoms with Crippen molar-refractivity contribution in [2.24, 2.45) is 0 Å². The summed E-state index contributed by atoms with van der Waals surface area (Å²) < 4.78 is 0. The maximum atomic E-state index is 7.13. The zero-order chi connectivity index (χ0) is 36.8. The molecule has 2 radical (unpaired) electrons. The molecule has 0 saturated carbocycles. The van der Waals surface area contributed by atoms with E-state index >= 15 is 0 Å². The van der Waals surface area contributed by atoms with E-state index in [1.54, 1.807) is 0 Å². The zero-order valence-corrected chi connectivity index (χ0v) is 35.8. The molecule has 48 heavy (non-hydrogen) atoms. The third-order valence-corrected chi connectivity index (χ3v) is 6.91. The Balaban J connectivity index is -0.0000000984. The maximum Gasteiger partial charge on any atom is 2.00 e. The molecule has 2 aliphatic heterocycles. The van der Waals surface area contributed by atoms with Crippen molar-refractivity contribution in [2.75, 3.05) is 168 Å². The molecule has 0 amide bonds. The van der Waals surface area contributed by atoms with Crippen LogP contribution in [0.3, 0.4) is 0 Å². The normalized spacial score (nSPS) is 18.3. The van der Waals surface area contributed by atoms with E-state index in [1.165, 1.54) is 125 Å². The van der Waals surface area contributed by atoms with Gasteiger partial charge in [-0.1, -0.05) is 48.9 Å². The van der Waals surface area contributed by atoms with Crippen molar-refractivity contribution in [2.45, 2.75) is 0 Å². The van der Waals surface area contributed by atoms with Gasteiger partial charge in [0.25, 0.3) is 0 Å². The van der Waals surface area contributed by atoms with Crippen LogP contribution in [0.4, 0.5) is 0 Å². The van der Waals surface area contributed by atoms with Crippen molar-refractivity contribution >= 4 is 69.5 Å². The molecule has 13 nitrogen and oxygen atoms in total. The molecule has 0 aromatic carbocycles. The van der Waals surface area contributed by atoms with Gasteiger partial charge < -0.3 is 65.9 Å². The van der Waals surface area contributed by atoms with Crippen LogP contribution in [0.5, 0.6) is 0 Å². The molecule has 0 aromatic rings. The van der Waals surface area contributed by atoms with Gasteiger partial charge in [-0.3, -0.25) is 0 Å². The summed E-state index contributed by atoms with van der Waals surface area (Å²) in [5.74, 6) is 0. The number of hydrogen-bond acceptors (Lipinski definition) is 13. The molecule has 0 atom stereocenters. The average Bonchev–Trinajstić information content (AvgIpc) is 3.02. The Kier molecular flexibility index (Phi) is 67.2.